The van der Waals surface area contributed by atoms with Crippen LogP contribution in [-0.4, -0.2) is 33.7 Å². The van der Waals surface area contributed by atoms with E-state index in [1.54, 1.807) is 7.11 Å². The van der Waals surface area contributed by atoms with Gasteiger partial charge in [0.2, 0.25) is 0 Å². The first-order valence-corrected chi connectivity index (χ1v) is 7.70. The van der Waals surface area contributed by atoms with E-state index in [-0.39, 0.29) is 11.4 Å². The van der Waals surface area contributed by atoms with Crippen molar-refractivity contribution >= 4 is 16.8 Å². The van der Waals surface area contributed by atoms with Crippen LogP contribution in [0.5, 0.6) is 0 Å². The molecule has 0 heterocycles. The normalized spacial score (nSPS) is 24.3. The van der Waals surface area contributed by atoms with Crippen LogP contribution in [0.4, 0.5) is 4.39 Å². The molecule has 20 heavy (non-hydrogen) atoms. The van der Waals surface area contributed by atoms with Crippen LogP contribution >= 0.6 is 0 Å². The zero-order valence-electron chi connectivity index (χ0n) is 11.2. The maximum atomic E-state index is 13.3. The van der Waals surface area contributed by atoms with Crippen molar-refractivity contribution < 1.29 is 23.2 Å². The van der Waals surface area contributed by atoms with Gasteiger partial charge in [0.15, 0.2) is 0 Å². The second-order valence-electron chi connectivity index (χ2n) is 4.89. The Hall–Kier alpha value is -1.27. The van der Waals surface area contributed by atoms with Crippen LogP contribution in [0.25, 0.3) is 0 Å². The molecule has 2 rings (SSSR count). The third kappa shape index (κ3) is 3.24. The predicted molar refractivity (Wildman–Crippen MR) is 72.8 cm³/mol. The second kappa shape index (κ2) is 6.45. The Morgan fingerprint density at radius 3 is 2.85 bits per heavy atom. The Kier molecular flexibility index (Phi) is 4.88. The van der Waals surface area contributed by atoms with Crippen LogP contribution in [0.15, 0.2) is 23.1 Å². The van der Waals surface area contributed by atoms with Gasteiger partial charge in [0, 0.05) is 17.3 Å². The smallest absolute Gasteiger partial charge is 0.338 e. The Balaban J connectivity index is 2.20. The highest BCUT2D eigenvalue weighted by Crippen LogP contribution is 2.28. The van der Waals surface area contributed by atoms with Gasteiger partial charge in [0.1, 0.15) is 5.82 Å². The van der Waals surface area contributed by atoms with E-state index in [1.165, 1.54) is 12.1 Å². The van der Waals surface area contributed by atoms with Crippen molar-refractivity contribution in [3.63, 3.8) is 0 Å². The molecule has 4 nitrogen and oxygen atoms in total. The van der Waals surface area contributed by atoms with Gasteiger partial charge < -0.3 is 9.84 Å². The summed E-state index contributed by atoms with van der Waals surface area (Å²) >= 11 is 0. The fraction of sp³-hybridized carbons (Fsp3) is 0.500. The van der Waals surface area contributed by atoms with E-state index in [4.69, 9.17) is 9.84 Å². The summed E-state index contributed by atoms with van der Waals surface area (Å²) in [5.41, 5.74) is -0.435. The second-order valence-corrected chi connectivity index (χ2v) is 6.62. The number of halogens is 1. The van der Waals surface area contributed by atoms with Gasteiger partial charge in [-0.15, -0.1) is 0 Å². The van der Waals surface area contributed by atoms with Crippen molar-refractivity contribution in [2.24, 2.45) is 0 Å². The van der Waals surface area contributed by atoms with Crippen LogP contribution in [0.2, 0.25) is 0 Å². The molecule has 0 radical (unpaired) electrons. The number of carbonyl (C=O) groups is 1. The Bertz CT molecular complexity index is 532. The number of rotatable bonds is 4. The van der Waals surface area contributed by atoms with Crippen LogP contribution in [-0.2, 0) is 15.5 Å². The molecule has 1 aliphatic carbocycles. The molecule has 0 bridgehead atoms. The van der Waals surface area contributed by atoms with E-state index >= 15 is 0 Å². The molecule has 1 saturated carbocycles. The van der Waals surface area contributed by atoms with Crippen molar-refractivity contribution in [2.45, 2.75) is 41.9 Å². The van der Waals surface area contributed by atoms with E-state index in [2.05, 4.69) is 0 Å². The average molecular weight is 300 g/mol. The van der Waals surface area contributed by atoms with Gasteiger partial charge in [-0.2, -0.15) is 0 Å². The maximum Gasteiger partial charge on any atom is 0.338 e. The van der Waals surface area contributed by atoms with Crippen LogP contribution in [0.3, 0.4) is 0 Å². The summed E-state index contributed by atoms with van der Waals surface area (Å²) in [7, 11) is 0.298. The van der Waals surface area contributed by atoms with Gasteiger partial charge in [0.05, 0.1) is 22.5 Å². The van der Waals surface area contributed by atoms with Crippen LogP contribution in [0.1, 0.15) is 36.0 Å². The van der Waals surface area contributed by atoms with Crippen LogP contribution < -0.4 is 0 Å². The summed E-state index contributed by atoms with van der Waals surface area (Å²) in [5.74, 6) is -2.16. The number of ether oxygens (including phenoxy) is 1. The number of carboxylic acids is 1. The van der Waals surface area contributed by atoms with Crippen molar-refractivity contribution in [3.05, 3.63) is 29.6 Å². The first kappa shape index (κ1) is 15.1. The minimum Gasteiger partial charge on any atom is -0.478 e. The largest absolute Gasteiger partial charge is 0.478 e. The van der Waals surface area contributed by atoms with Gasteiger partial charge in [0.25, 0.3) is 0 Å². The van der Waals surface area contributed by atoms with E-state index in [1.807, 2.05) is 0 Å². The number of benzene rings is 1. The molecular formula is C14H17FO4S. The maximum absolute atomic E-state index is 13.3. The summed E-state index contributed by atoms with van der Waals surface area (Å²) in [4.78, 5) is 11.3. The van der Waals surface area contributed by atoms with Gasteiger partial charge >= 0.3 is 5.97 Å². The minimum absolute atomic E-state index is 0.0687. The molecule has 0 aromatic heterocycles. The molecule has 1 aromatic carbocycles. The third-order valence-electron chi connectivity index (χ3n) is 3.61. The zero-order valence-corrected chi connectivity index (χ0v) is 12.0. The lowest BCUT2D eigenvalue weighted by atomic mass is 9.97. The molecule has 3 unspecified atom stereocenters. The number of hydrogen-bond donors (Lipinski definition) is 1. The lowest BCUT2D eigenvalue weighted by Crippen LogP contribution is -2.28. The molecule has 3 atom stereocenters. The molecule has 1 aliphatic rings. The van der Waals surface area contributed by atoms with E-state index in [9.17, 15) is 13.4 Å². The fourth-order valence-corrected chi connectivity index (χ4v) is 4.09. The lowest BCUT2D eigenvalue weighted by molar-refractivity contribution is 0.0691. The Morgan fingerprint density at radius 1 is 1.45 bits per heavy atom. The highest BCUT2D eigenvalue weighted by atomic mass is 32.2. The third-order valence-corrected chi connectivity index (χ3v) is 5.37. The number of hydrogen-bond acceptors (Lipinski definition) is 3. The van der Waals surface area contributed by atoms with Crippen molar-refractivity contribution in [2.75, 3.05) is 7.11 Å². The fourth-order valence-electron chi connectivity index (χ4n) is 2.50. The van der Waals surface area contributed by atoms with Crippen molar-refractivity contribution in [1.29, 1.82) is 0 Å². The highest BCUT2D eigenvalue weighted by molar-refractivity contribution is 7.85. The first-order chi connectivity index (χ1) is 9.52. The molecule has 0 aliphatic heterocycles. The number of methoxy groups -OCH3 is 1. The van der Waals surface area contributed by atoms with Crippen LogP contribution in [0, 0.1) is 5.82 Å². The lowest BCUT2D eigenvalue weighted by Gasteiger charge is -2.27. The molecule has 0 saturated heterocycles. The Morgan fingerprint density at radius 2 is 2.20 bits per heavy atom. The topological polar surface area (TPSA) is 63.6 Å². The molecule has 1 N–H and O–H groups in total. The number of carboxylic acid groups (broad SMARTS) is 1. The molecule has 0 spiro atoms. The summed E-state index contributed by atoms with van der Waals surface area (Å²) in [6, 6.07) is 3.63. The molecule has 0 amide bonds. The van der Waals surface area contributed by atoms with E-state index in [0.717, 1.165) is 25.3 Å². The summed E-state index contributed by atoms with van der Waals surface area (Å²) in [5, 5.41) is 8.83. The standard InChI is InChI=1S/C14H17FO4S/c1-19-9-3-2-4-10(7-9)20(18)11-5-6-13(15)12(8-11)14(16)17/h5-6,8-10H,2-4,7H2,1H3,(H,16,17). The predicted octanol–water partition coefficient (Wildman–Crippen LogP) is 2.59. The zero-order chi connectivity index (χ0) is 14.7. The molecule has 1 aromatic rings. The number of aromatic carboxylic acids is 1. The van der Waals surface area contributed by atoms with Crippen molar-refractivity contribution in [1.82, 2.24) is 0 Å². The summed E-state index contributed by atoms with van der Waals surface area (Å²) < 4.78 is 31.1. The highest BCUT2D eigenvalue weighted by Gasteiger charge is 2.27. The average Bonchev–Trinajstić information content (AvgIpc) is 2.46. The van der Waals surface area contributed by atoms with Gasteiger partial charge in [-0.25, -0.2) is 9.18 Å². The van der Waals surface area contributed by atoms with E-state index in [0.29, 0.717) is 11.3 Å². The SMILES string of the molecule is COC1CCCC(S(=O)c2ccc(F)c(C(=O)O)c2)C1. The molecular weight excluding hydrogens is 283 g/mol. The molecule has 110 valence electrons. The molecule has 1 fully saturated rings. The van der Waals surface area contributed by atoms with Gasteiger partial charge in [-0.05, 0) is 43.9 Å². The van der Waals surface area contributed by atoms with E-state index < -0.39 is 28.1 Å². The van der Waals surface area contributed by atoms with Crippen molar-refractivity contribution in [3.8, 4) is 0 Å². The minimum atomic E-state index is -1.35. The molecule has 6 heteroatoms. The van der Waals surface area contributed by atoms with Gasteiger partial charge in [-0.3, -0.25) is 4.21 Å². The monoisotopic (exact) mass is 300 g/mol. The summed E-state index contributed by atoms with van der Waals surface area (Å²) in [6.45, 7) is 0. The van der Waals surface area contributed by atoms with Gasteiger partial charge in [-0.1, -0.05) is 0 Å². The summed E-state index contributed by atoms with van der Waals surface area (Å²) in [6.07, 6.45) is 3.47. The quantitative estimate of drug-likeness (QED) is 0.928. The first-order valence-electron chi connectivity index (χ1n) is 6.49. The Labute approximate surface area is 119 Å².